The van der Waals surface area contributed by atoms with E-state index in [0.717, 1.165) is 44.9 Å². The van der Waals surface area contributed by atoms with Gasteiger partial charge in [0, 0.05) is 5.41 Å². The molecule has 0 aromatic heterocycles. The summed E-state index contributed by atoms with van der Waals surface area (Å²) in [6.07, 6.45) is -4.94. The first kappa shape index (κ1) is 41.9. The van der Waals surface area contributed by atoms with Crippen molar-refractivity contribution in [3.63, 3.8) is 0 Å². The zero-order valence-corrected chi connectivity index (χ0v) is 33.8. The minimum Gasteiger partial charge on any atom is -0.432 e. The van der Waals surface area contributed by atoms with Gasteiger partial charge in [-0.1, -0.05) is 53.2 Å². The van der Waals surface area contributed by atoms with E-state index in [1.54, 1.807) is 0 Å². The number of aliphatic hydroxyl groups excluding tert-OH is 8. The van der Waals surface area contributed by atoms with Crippen LogP contribution in [0, 0.1) is 50.2 Å². The zero-order chi connectivity index (χ0) is 40.3. The van der Waals surface area contributed by atoms with Gasteiger partial charge in [0.1, 0.15) is 42.7 Å². The number of carbonyl (C=O) groups is 1. The highest BCUT2D eigenvalue weighted by atomic mass is 16.7. The van der Waals surface area contributed by atoms with E-state index in [0.29, 0.717) is 25.2 Å². The smallest absolute Gasteiger partial charge is 0.315 e. The average molecular weight is 781 g/mol. The van der Waals surface area contributed by atoms with Gasteiger partial charge < -0.3 is 59.8 Å². The van der Waals surface area contributed by atoms with Gasteiger partial charge in [-0.05, 0) is 111 Å². The van der Waals surface area contributed by atoms with Crippen molar-refractivity contribution in [3.05, 3.63) is 11.6 Å². The summed E-state index contributed by atoms with van der Waals surface area (Å²) in [5, 5.41) is 85.2. The molecule has 2 heterocycles. The molecule has 7 aliphatic rings. The Morgan fingerprint density at radius 1 is 0.764 bits per heavy atom. The first-order valence-electron chi connectivity index (χ1n) is 20.8. The molecular formula is C42H68O13. The molecule has 6 fully saturated rings. The lowest BCUT2D eigenvalue weighted by atomic mass is 9.33. The molecule has 55 heavy (non-hydrogen) atoms. The molecule has 7 rings (SSSR count). The summed E-state index contributed by atoms with van der Waals surface area (Å²) in [7, 11) is 0. The van der Waals surface area contributed by atoms with Crippen molar-refractivity contribution in [3.8, 4) is 0 Å². The molecule has 2 aliphatic heterocycles. The first-order valence-corrected chi connectivity index (χ1v) is 20.8. The van der Waals surface area contributed by atoms with Gasteiger partial charge in [0.05, 0.1) is 30.8 Å². The Kier molecular flexibility index (Phi) is 10.8. The van der Waals surface area contributed by atoms with Gasteiger partial charge in [-0.2, -0.15) is 0 Å². The molecule has 0 aromatic carbocycles. The van der Waals surface area contributed by atoms with Gasteiger partial charge in [0.15, 0.2) is 6.29 Å². The third-order valence-corrected chi connectivity index (χ3v) is 17.3. The number of carbonyl (C=O) groups excluding carboxylic acids is 1. The predicted octanol–water partition coefficient (Wildman–Crippen LogP) is 2.32. The van der Waals surface area contributed by atoms with Crippen LogP contribution in [0.4, 0.5) is 0 Å². The molecule has 19 unspecified atom stereocenters. The molecular weight excluding hydrogens is 712 g/mol. The fourth-order valence-electron chi connectivity index (χ4n) is 13.3. The van der Waals surface area contributed by atoms with E-state index in [1.165, 1.54) is 12.5 Å². The van der Waals surface area contributed by atoms with Crippen LogP contribution in [0.15, 0.2) is 11.6 Å². The van der Waals surface area contributed by atoms with Crippen LogP contribution in [0.2, 0.25) is 0 Å². The van der Waals surface area contributed by atoms with Crippen LogP contribution in [0.5, 0.6) is 0 Å². The van der Waals surface area contributed by atoms with Crippen molar-refractivity contribution in [2.24, 2.45) is 50.2 Å². The van der Waals surface area contributed by atoms with Crippen molar-refractivity contribution in [2.45, 2.75) is 180 Å². The van der Waals surface area contributed by atoms with E-state index in [-0.39, 0.29) is 40.1 Å². The summed E-state index contributed by atoms with van der Waals surface area (Å²) in [6, 6.07) is 0. The number of esters is 1. The third kappa shape index (κ3) is 6.23. The lowest BCUT2D eigenvalue weighted by Crippen LogP contribution is -2.66. The number of fused-ring (bicyclic) bond motifs is 7. The Balaban J connectivity index is 1.14. The van der Waals surface area contributed by atoms with E-state index in [2.05, 4.69) is 47.6 Å². The van der Waals surface area contributed by atoms with E-state index < -0.39 is 90.9 Å². The molecule has 2 saturated heterocycles. The maximum Gasteiger partial charge on any atom is 0.315 e. The van der Waals surface area contributed by atoms with E-state index in [4.69, 9.17) is 18.9 Å². The number of allylic oxidation sites excluding steroid dienone is 2. The van der Waals surface area contributed by atoms with Crippen LogP contribution in [0.25, 0.3) is 0 Å². The van der Waals surface area contributed by atoms with Gasteiger partial charge in [-0.3, -0.25) is 4.79 Å². The Bertz CT molecular complexity index is 1490. The summed E-state index contributed by atoms with van der Waals surface area (Å²) in [5.74, 6) is -0.0737. The van der Waals surface area contributed by atoms with Crippen LogP contribution in [-0.2, 0) is 23.7 Å². The maximum absolute atomic E-state index is 14.8. The van der Waals surface area contributed by atoms with Gasteiger partial charge >= 0.3 is 5.97 Å². The molecule has 0 spiro atoms. The van der Waals surface area contributed by atoms with Crippen LogP contribution >= 0.6 is 0 Å². The molecule has 0 bridgehead atoms. The van der Waals surface area contributed by atoms with Crippen molar-refractivity contribution < 1.29 is 64.6 Å². The van der Waals surface area contributed by atoms with Gasteiger partial charge in [0.25, 0.3) is 0 Å². The summed E-state index contributed by atoms with van der Waals surface area (Å²) < 4.78 is 23.2. The second-order valence-electron chi connectivity index (χ2n) is 20.5. The van der Waals surface area contributed by atoms with Crippen LogP contribution in [0.1, 0.15) is 113 Å². The maximum atomic E-state index is 14.8. The molecule has 4 saturated carbocycles. The zero-order valence-electron chi connectivity index (χ0n) is 33.8. The number of hydrogen-bond donors (Lipinski definition) is 8. The predicted molar refractivity (Wildman–Crippen MR) is 198 cm³/mol. The van der Waals surface area contributed by atoms with Gasteiger partial charge in [0.2, 0.25) is 6.29 Å². The highest BCUT2D eigenvalue weighted by molar-refractivity contribution is 5.79. The monoisotopic (exact) mass is 780 g/mol. The molecule has 5 aliphatic carbocycles. The van der Waals surface area contributed by atoms with Crippen molar-refractivity contribution in [2.75, 3.05) is 13.2 Å². The topological polar surface area (TPSA) is 216 Å². The molecule has 13 nitrogen and oxygen atoms in total. The number of hydrogen-bond acceptors (Lipinski definition) is 13. The van der Waals surface area contributed by atoms with E-state index >= 15 is 0 Å². The number of ether oxygens (including phenoxy) is 4. The van der Waals surface area contributed by atoms with Crippen molar-refractivity contribution in [1.29, 1.82) is 0 Å². The van der Waals surface area contributed by atoms with Crippen molar-refractivity contribution in [1.82, 2.24) is 0 Å². The summed E-state index contributed by atoms with van der Waals surface area (Å²) >= 11 is 0. The second-order valence-corrected chi connectivity index (χ2v) is 20.5. The Hall–Kier alpha value is -1.23. The average Bonchev–Trinajstić information content (AvgIpc) is 3.14. The van der Waals surface area contributed by atoms with Gasteiger partial charge in [-0.15, -0.1) is 0 Å². The van der Waals surface area contributed by atoms with E-state index in [9.17, 15) is 45.6 Å². The van der Waals surface area contributed by atoms with Crippen LogP contribution < -0.4 is 0 Å². The minimum absolute atomic E-state index is 0.0339. The highest BCUT2D eigenvalue weighted by Crippen LogP contribution is 2.76. The summed E-state index contributed by atoms with van der Waals surface area (Å²) in [4.78, 5) is 14.8. The standard InChI is InChI=1S/C42H68O13/c1-21-28(45)30(47)32(49)34(53-21)52-19-24-29(46)31(48)33(50)35(54-24)55-36(51)42-16-14-37(2,3)18-23(42)22-8-9-26-38(4)12-11-27(44)39(5,20-43)25(38)10-13-41(26,7)40(22,6)15-17-42/h8,21,23-35,43-50H,9-20H2,1-7H3. The fraction of sp³-hybridized carbons (Fsp3) is 0.929. The summed E-state index contributed by atoms with van der Waals surface area (Å²) in [6.45, 7) is 14.8. The van der Waals surface area contributed by atoms with Crippen LogP contribution in [-0.4, -0.2) is 128 Å². The fourth-order valence-corrected chi connectivity index (χ4v) is 13.3. The summed E-state index contributed by atoms with van der Waals surface area (Å²) in [5.41, 5.74) is -0.496. The van der Waals surface area contributed by atoms with Crippen molar-refractivity contribution >= 4 is 5.97 Å². The highest BCUT2D eigenvalue weighted by Gasteiger charge is 2.70. The lowest BCUT2D eigenvalue weighted by molar-refractivity contribution is -0.325. The first-order chi connectivity index (χ1) is 25.6. The normalized spacial score (nSPS) is 54.9. The molecule has 0 radical (unpaired) electrons. The largest absolute Gasteiger partial charge is 0.432 e. The second kappa shape index (κ2) is 14.2. The molecule has 19 atom stereocenters. The number of rotatable bonds is 6. The van der Waals surface area contributed by atoms with Gasteiger partial charge in [-0.25, -0.2) is 0 Å². The Morgan fingerprint density at radius 2 is 1.42 bits per heavy atom. The Morgan fingerprint density at radius 3 is 2.11 bits per heavy atom. The molecule has 314 valence electrons. The lowest BCUT2D eigenvalue weighted by Gasteiger charge is -2.71. The third-order valence-electron chi connectivity index (χ3n) is 17.3. The Labute approximate surface area is 325 Å². The molecule has 0 amide bonds. The quantitative estimate of drug-likeness (QED) is 0.144. The van der Waals surface area contributed by atoms with Crippen LogP contribution in [0.3, 0.4) is 0 Å². The molecule has 13 heteroatoms. The minimum atomic E-state index is -1.74. The molecule has 8 N–H and O–H groups in total. The molecule has 0 aromatic rings. The SMILES string of the molecule is CC1OC(OCC2OC(OC(=O)C34CCC(C)(C)CC3C3=CCC5C6(C)CCC(O)C(C)(CO)C6CCC5(C)C3(C)CC4)C(O)C(O)C2O)C(O)C(O)C1O. The number of aliphatic hydroxyl groups is 8. The van der Waals surface area contributed by atoms with E-state index in [1.807, 2.05) is 0 Å².